The van der Waals surface area contributed by atoms with Gasteiger partial charge >= 0.3 is 0 Å². The first-order valence-corrected chi connectivity index (χ1v) is 7.58. The van der Waals surface area contributed by atoms with Gasteiger partial charge in [-0.15, -0.1) is 0 Å². The van der Waals surface area contributed by atoms with Gasteiger partial charge in [0.2, 0.25) is 0 Å². The minimum atomic E-state index is -0.481. The number of nitrogens with two attached hydrogens (primary N) is 1. The third kappa shape index (κ3) is 2.79. The molecule has 1 heterocycles. The average molecular weight is 322 g/mol. The molecular weight excluding hydrogens is 304 g/mol. The fraction of sp³-hybridized carbons (Fsp3) is 0.167. The van der Waals surface area contributed by atoms with Crippen molar-refractivity contribution in [3.8, 4) is 11.3 Å². The summed E-state index contributed by atoms with van der Waals surface area (Å²) < 4.78 is 1.15. The van der Waals surface area contributed by atoms with E-state index in [9.17, 15) is 9.59 Å². The molecule has 3 rings (SSSR count). The summed E-state index contributed by atoms with van der Waals surface area (Å²) in [5.74, 6) is 4.64. The van der Waals surface area contributed by atoms with Crippen LogP contribution in [-0.4, -0.2) is 15.7 Å². The maximum atomic E-state index is 12.6. The van der Waals surface area contributed by atoms with E-state index >= 15 is 0 Å². The van der Waals surface area contributed by atoms with E-state index in [2.05, 4.69) is 5.10 Å². The highest BCUT2D eigenvalue weighted by Crippen LogP contribution is 2.26. The lowest BCUT2D eigenvalue weighted by molar-refractivity contribution is -0.121. The molecule has 3 N–H and O–H groups in total. The highest BCUT2D eigenvalue weighted by molar-refractivity contribution is 5.94. The van der Waals surface area contributed by atoms with Gasteiger partial charge in [-0.1, -0.05) is 30.3 Å². The van der Waals surface area contributed by atoms with Crippen LogP contribution in [0.2, 0.25) is 0 Å². The van der Waals surface area contributed by atoms with Crippen LogP contribution in [-0.2, 0) is 11.3 Å². The topological polar surface area (TPSA) is 90.0 Å². The first-order chi connectivity index (χ1) is 11.5. The maximum Gasteiger partial charge on any atom is 0.275 e. The molecule has 3 aromatic rings. The number of aromatic nitrogens is 2. The zero-order chi connectivity index (χ0) is 17.3. The summed E-state index contributed by atoms with van der Waals surface area (Å²) in [6.07, 6.45) is 0. The van der Waals surface area contributed by atoms with Crippen LogP contribution in [0, 0.1) is 13.8 Å². The Bertz CT molecular complexity index is 992. The smallest absolute Gasteiger partial charge is 0.275 e. The van der Waals surface area contributed by atoms with Crippen LogP contribution in [0.4, 0.5) is 0 Å². The van der Waals surface area contributed by atoms with Crippen molar-refractivity contribution < 1.29 is 4.79 Å². The van der Waals surface area contributed by atoms with Gasteiger partial charge in [-0.25, -0.2) is 10.5 Å². The van der Waals surface area contributed by atoms with E-state index in [0.717, 1.165) is 21.2 Å². The first kappa shape index (κ1) is 15.9. The predicted octanol–water partition coefficient (Wildman–Crippen LogP) is 1.67. The Balaban J connectivity index is 2.29. The van der Waals surface area contributed by atoms with Crippen LogP contribution in [0.25, 0.3) is 22.0 Å². The van der Waals surface area contributed by atoms with Gasteiger partial charge < -0.3 is 0 Å². The standard InChI is InChI=1S/C18H18N4O2/c1-11-7-8-13(9-12(11)2)17-14-5-3-4-6-15(14)18(24)22(21-17)10-16(23)20-19/h3-9H,10,19H2,1-2H3,(H,20,23). The second-order valence-electron chi connectivity index (χ2n) is 5.72. The summed E-state index contributed by atoms with van der Waals surface area (Å²) in [5, 5.41) is 5.70. The quantitative estimate of drug-likeness (QED) is 0.436. The molecule has 0 saturated carbocycles. The number of amides is 1. The second kappa shape index (κ2) is 6.25. The average Bonchev–Trinajstić information content (AvgIpc) is 2.60. The van der Waals surface area contributed by atoms with Crippen LogP contribution in [0.1, 0.15) is 11.1 Å². The van der Waals surface area contributed by atoms with Gasteiger partial charge in [0.25, 0.3) is 11.5 Å². The lowest BCUT2D eigenvalue weighted by Gasteiger charge is -2.12. The van der Waals surface area contributed by atoms with E-state index in [-0.39, 0.29) is 12.1 Å². The summed E-state index contributed by atoms with van der Waals surface area (Å²) in [4.78, 5) is 24.1. The Morgan fingerprint density at radius 3 is 2.50 bits per heavy atom. The highest BCUT2D eigenvalue weighted by Gasteiger charge is 2.14. The van der Waals surface area contributed by atoms with E-state index < -0.39 is 5.91 Å². The van der Waals surface area contributed by atoms with Gasteiger partial charge in [0.1, 0.15) is 6.54 Å². The summed E-state index contributed by atoms with van der Waals surface area (Å²) in [5.41, 5.74) is 5.59. The number of carbonyl (C=O) groups is 1. The van der Waals surface area contributed by atoms with E-state index in [1.807, 2.05) is 49.6 Å². The molecule has 24 heavy (non-hydrogen) atoms. The number of hydrogen-bond donors (Lipinski definition) is 2. The van der Waals surface area contributed by atoms with E-state index in [0.29, 0.717) is 11.1 Å². The van der Waals surface area contributed by atoms with Crippen molar-refractivity contribution in [1.29, 1.82) is 0 Å². The van der Waals surface area contributed by atoms with Crippen molar-refractivity contribution in [2.75, 3.05) is 0 Å². The van der Waals surface area contributed by atoms with Crippen LogP contribution in [0.3, 0.4) is 0 Å². The molecule has 0 aliphatic carbocycles. The molecule has 0 saturated heterocycles. The van der Waals surface area contributed by atoms with Crippen LogP contribution in [0.5, 0.6) is 0 Å². The summed E-state index contributed by atoms with van der Waals surface area (Å²) in [6.45, 7) is 3.84. The Morgan fingerprint density at radius 2 is 1.83 bits per heavy atom. The maximum absolute atomic E-state index is 12.6. The zero-order valence-corrected chi connectivity index (χ0v) is 13.5. The molecule has 0 spiro atoms. The van der Waals surface area contributed by atoms with Crippen molar-refractivity contribution in [3.05, 3.63) is 63.9 Å². The molecule has 122 valence electrons. The Morgan fingerprint density at radius 1 is 1.12 bits per heavy atom. The number of carbonyl (C=O) groups excluding carboxylic acids is 1. The molecule has 0 atom stereocenters. The number of hydrogen-bond acceptors (Lipinski definition) is 4. The van der Waals surface area contributed by atoms with Crippen molar-refractivity contribution in [2.45, 2.75) is 20.4 Å². The Kier molecular flexibility index (Phi) is 4.14. The number of rotatable bonds is 3. The molecule has 1 aromatic heterocycles. The number of benzene rings is 2. The van der Waals surface area contributed by atoms with Crippen molar-refractivity contribution in [2.24, 2.45) is 5.84 Å². The normalized spacial score (nSPS) is 10.8. The number of aryl methyl sites for hydroxylation is 2. The third-order valence-electron chi connectivity index (χ3n) is 4.10. The third-order valence-corrected chi connectivity index (χ3v) is 4.10. The monoisotopic (exact) mass is 322 g/mol. The van der Waals surface area contributed by atoms with Gasteiger partial charge in [-0.2, -0.15) is 5.10 Å². The molecule has 6 heteroatoms. The predicted molar refractivity (Wildman–Crippen MR) is 93.2 cm³/mol. The van der Waals surface area contributed by atoms with Gasteiger partial charge in [0.15, 0.2) is 0 Å². The minimum absolute atomic E-state index is 0.224. The number of nitrogens with one attached hydrogen (secondary N) is 1. The molecule has 0 unspecified atom stereocenters. The molecule has 0 aliphatic heterocycles. The number of fused-ring (bicyclic) bond motifs is 1. The highest BCUT2D eigenvalue weighted by atomic mass is 16.2. The first-order valence-electron chi connectivity index (χ1n) is 7.58. The molecule has 6 nitrogen and oxygen atoms in total. The van der Waals surface area contributed by atoms with Crippen LogP contribution in [0.15, 0.2) is 47.3 Å². The van der Waals surface area contributed by atoms with Crippen LogP contribution < -0.4 is 16.8 Å². The summed E-state index contributed by atoms with van der Waals surface area (Å²) in [7, 11) is 0. The summed E-state index contributed by atoms with van der Waals surface area (Å²) in [6, 6.07) is 13.3. The minimum Gasteiger partial charge on any atom is -0.293 e. The number of nitrogens with zero attached hydrogens (tertiary/aromatic N) is 2. The molecule has 0 bridgehead atoms. The molecule has 2 aromatic carbocycles. The molecule has 0 aliphatic rings. The SMILES string of the molecule is Cc1ccc(-c2nn(CC(=O)NN)c(=O)c3ccccc23)cc1C. The van der Waals surface area contributed by atoms with Gasteiger partial charge in [-0.3, -0.25) is 15.0 Å². The zero-order valence-electron chi connectivity index (χ0n) is 13.5. The molecular formula is C18H18N4O2. The largest absolute Gasteiger partial charge is 0.293 e. The van der Waals surface area contributed by atoms with E-state index in [1.54, 1.807) is 12.1 Å². The van der Waals surface area contributed by atoms with Gasteiger partial charge in [0.05, 0.1) is 11.1 Å². The van der Waals surface area contributed by atoms with Crippen molar-refractivity contribution in [3.63, 3.8) is 0 Å². The number of hydrazine groups is 1. The van der Waals surface area contributed by atoms with Crippen molar-refractivity contribution in [1.82, 2.24) is 15.2 Å². The van der Waals surface area contributed by atoms with E-state index in [1.165, 1.54) is 5.56 Å². The summed E-state index contributed by atoms with van der Waals surface area (Å²) >= 11 is 0. The van der Waals surface area contributed by atoms with Gasteiger partial charge in [0, 0.05) is 10.9 Å². The van der Waals surface area contributed by atoms with Crippen LogP contribution >= 0.6 is 0 Å². The Hall–Kier alpha value is -2.99. The van der Waals surface area contributed by atoms with Gasteiger partial charge in [-0.05, 0) is 37.1 Å². The molecule has 1 amide bonds. The fourth-order valence-electron chi connectivity index (χ4n) is 2.63. The lowest BCUT2D eigenvalue weighted by atomic mass is 10.0. The Labute approximate surface area is 138 Å². The van der Waals surface area contributed by atoms with Crippen molar-refractivity contribution >= 4 is 16.7 Å². The van der Waals surface area contributed by atoms with E-state index in [4.69, 9.17) is 5.84 Å². The molecule has 0 radical (unpaired) electrons. The fourth-order valence-corrected chi connectivity index (χ4v) is 2.63. The molecule has 0 fully saturated rings. The second-order valence-corrected chi connectivity index (χ2v) is 5.72. The lowest BCUT2D eigenvalue weighted by Crippen LogP contribution is -2.37.